The number of nitrogens with zero attached hydrogens (tertiary/aromatic N) is 3. The van der Waals surface area contributed by atoms with Crippen LogP contribution in [0.5, 0.6) is 0 Å². The SMILES string of the molecule is CC(C)C(=O)N1CCN(C(=O)c2ncoc2-c2ccco2)CC1. The fourth-order valence-electron chi connectivity index (χ4n) is 2.63. The lowest BCUT2D eigenvalue weighted by Gasteiger charge is -2.35. The van der Waals surface area contributed by atoms with Gasteiger partial charge in [-0.2, -0.15) is 0 Å². The van der Waals surface area contributed by atoms with Gasteiger partial charge in [0, 0.05) is 32.1 Å². The molecule has 0 bridgehead atoms. The minimum absolute atomic E-state index is 0.0293. The number of furan rings is 1. The second-order valence-corrected chi connectivity index (χ2v) is 5.78. The summed E-state index contributed by atoms with van der Waals surface area (Å²) in [6, 6.07) is 3.44. The summed E-state index contributed by atoms with van der Waals surface area (Å²) in [6.07, 6.45) is 2.76. The Morgan fingerprint density at radius 2 is 1.83 bits per heavy atom. The standard InChI is InChI=1S/C16H19N3O4/c1-11(2)15(20)18-5-7-19(8-6-18)16(21)13-14(23-10-17-13)12-4-3-9-22-12/h3-4,9-11H,5-8H2,1-2H3. The zero-order valence-corrected chi connectivity index (χ0v) is 13.2. The van der Waals surface area contributed by atoms with Crippen LogP contribution in [0.3, 0.4) is 0 Å². The van der Waals surface area contributed by atoms with Gasteiger partial charge in [0.1, 0.15) is 0 Å². The van der Waals surface area contributed by atoms with Crippen molar-refractivity contribution in [2.24, 2.45) is 5.92 Å². The fraction of sp³-hybridized carbons (Fsp3) is 0.438. The molecule has 3 rings (SSSR count). The number of amides is 2. The Hall–Kier alpha value is -2.57. The van der Waals surface area contributed by atoms with E-state index in [1.165, 1.54) is 12.7 Å². The predicted octanol–water partition coefficient (Wildman–Crippen LogP) is 1.87. The first-order valence-corrected chi connectivity index (χ1v) is 7.63. The molecule has 122 valence electrons. The van der Waals surface area contributed by atoms with Gasteiger partial charge in [0.25, 0.3) is 5.91 Å². The average molecular weight is 317 g/mol. The first kappa shape index (κ1) is 15.3. The first-order chi connectivity index (χ1) is 11.1. The maximum absolute atomic E-state index is 12.6. The summed E-state index contributed by atoms with van der Waals surface area (Å²) in [7, 11) is 0. The van der Waals surface area contributed by atoms with Gasteiger partial charge < -0.3 is 18.6 Å². The van der Waals surface area contributed by atoms with Gasteiger partial charge in [-0.3, -0.25) is 9.59 Å². The zero-order valence-electron chi connectivity index (χ0n) is 13.2. The van der Waals surface area contributed by atoms with Gasteiger partial charge in [-0.15, -0.1) is 0 Å². The van der Waals surface area contributed by atoms with Crippen LogP contribution < -0.4 is 0 Å². The number of hydrogen-bond donors (Lipinski definition) is 0. The summed E-state index contributed by atoms with van der Waals surface area (Å²) in [5.41, 5.74) is 0.239. The molecule has 7 nitrogen and oxygen atoms in total. The van der Waals surface area contributed by atoms with Crippen molar-refractivity contribution in [1.29, 1.82) is 0 Å². The number of carbonyl (C=O) groups is 2. The van der Waals surface area contributed by atoms with Gasteiger partial charge in [-0.05, 0) is 12.1 Å². The van der Waals surface area contributed by atoms with Gasteiger partial charge >= 0.3 is 0 Å². The van der Waals surface area contributed by atoms with Gasteiger partial charge in [-0.25, -0.2) is 4.98 Å². The van der Waals surface area contributed by atoms with Crippen LogP contribution in [0.1, 0.15) is 24.3 Å². The maximum atomic E-state index is 12.6. The third kappa shape index (κ3) is 2.99. The second-order valence-electron chi connectivity index (χ2n) is 5.78. The molecule has 2 amide bonds. The lowest BCUT2D eigenvalue weighted by molar-refractivity contribution is -0.135. The summed E-state index contributed by atoms with van der Waals surface area (Å²) < 4.78 is 10.6. The van der Waals surface area contributed by atoms with Crippen LogP contribution in [0, 0.1) is 5.92 Å². The highest BCUT2D eigenvalue weighted by molar-refractivity contribution is 5.97. The Labute approximate surface area is 133 Å². The van der Waals surface area contributed by atoms with Crippen molar-refractivity contribution in [1.82, 2.24) is 14.8 Å². The number of hydrogen-bond acceptors (Lipinski definition) is 5. The highest BCUT2D eigenvalue weighted by atomic mass is 16.4. The number of rotatable bonds is 3. The molecule has 1 aliphatic heterocycles. The third-order valence-corrected chi connectivity index (χ3v) is 3.89. The molecule has 1 saturated heterocycles. The molecule has 0 atom stereocenters. The van der Waals surface area contributed by atoms with Crippen molar-refractivity contribution in [3.63, 3.8) is 0 Å². The van der Waals surface area contributed by atoms with Gasteiger partial charge in [0.05, 0.1) is 6.26 Å². The van der Waals surface area contributed by atoms with Crippen LogP contribution >= 0.6 is 0 Å². The van der Waals surface area contributed by atoms with Crippen LogP contribution in [-0.4, -0.2) is 52.8 Å². The lowest BCUT2D eigenvalue weighted by Crippen LogP contribution is -2.51. The molecule has 2 aromatic rings. The van der Waals surface area contributed by atoms with Crippen LogP contribution in [0.15, 0.2) is 33.6 Å². The fourth-order valence-corrected chi connectivity index (χ4v) is 2.63. The van der Waals surface area contributed by atoms with E-state index in [4.69, 9.17) is 8.83 Å². The molecule has 23 heavy (non-hydrogen) atoms. The van der Waals surface area contributed by atoms with Crippen molar-refractivity contribution in [2.45, 2.75) is 13.8 Å². The summed E-state index contributed by atoms with van der Waals surface area (Å²) in [6.45, 7) is 5.81. The van der Waals surface area contributed by atoms with E-state index >= 15 is 0 Å². The topological polar surface area (TPSA) is 79.8 Å². The summed E-state index contributed by atoms with van der Waals surface area (Å²) in [5, 5.41) is 0. The lowest BCUT2D eigenvalue weighted by atomic mass is 10.1. The number of oxazole rings is 1. The molecule has 0 saturated carbocycles. The van der Waals surface area contributed by atoms with Crippen molar-refractivity contribution >= 4 is 11.8 Å². The minimum Gasteiger partial charge on any atom is -0.461 e. The Morgan fingerprint density at radius 1 is 1.13 bits per heavy atom. The van der Waals surface area contributed by atoms with Crippen LogP contribution in [-0.2, 0) is 4.79 Å². The zero-order chi connectivity index (χ0) is 16.4. The van der Waals surface area contributed by atoms with E-state index in [1.54, 1.807) is 21.9 Å². The summed E-state index contributed by atoms with van der Waals surface area (Å²) in [4.78, 5) is 32.2. The summed E-state index contributed by atoms with van der Waals surface area (Å²) >= 11 is 0. The smallest absolute Gasteiger partial charge is 0.276 e. The number of carbonyl (C=O) groups excluding carboxylic acids is 2. The van der Waals surface area contributed by atoms with E-state index < -0.39 is 0 Å². The Morgan fingerprint density at radius 3 is 2.43 bits per heavy atom. The molecule has 0 N–H and O–H groups in total. The van der Waals surface area contributed by atoms with Crippen LogP contribution in [0.4, 0.5) is 0 Å². The largest absolute Gasteiger partial charge is 0.461 e. The van der Waals surface area contributed by atoms with Gasteiger partial charge in [-0.1, -0.05) is 13.8 Å². The van der Waals surface area contributed by atoms with Gasteiger partial charge in [0.15, 0.2) is 17.8 Å². The van der Waals surface area contributed by atoms with Crippen LogP contribution in [0.25, 0.3) is 11.5 Å². The molecule has 1 aliphatic rings. The van der Waals surface area contributed by atoms with Crippen molar-refractivity contribution < 1.29 is 18.4 Å². The predicted molar refractivity (Wildman–Crippen MR) is 81.5 cm³/mol. The quantitative estimate of drug-likeness (QED) is 0.863. The van der Waals surface area contributed by atoms with E-state index in [1.807, 2.05) is 13.8 Å². The minimum atomic E-state index is -0.207. The molecule has 0 radical (unpaired) electrons. The average Bonchev–Trinajstić information content (AvgIpc) is 3.24. The van der Waals surface area contributed by atoms with E-state index in [0.717, 1.165) is 0 Å². The Kier molecular flexibility index (Phi) is 4.18. The number of piperazine rings is 1. The molecule has 0 aromatic carbocycles. The Balaban J connectivity index is 1.69. The first-order valence-electron chi connectivity index (χ1n) is 7.63. The van der Waals surface area contributed by atoms with Crippen LogP contribution in [0.2, 0.25) is 0 Å². The molecule has 2 aromatic heterocycles. The molecular formula is C16H19N3O4. The van der Waals surface area contributed by atoms with E-state index in [0.29, 0.717) is 37.7 Å². The molecule has 0 spiro atoms. The van der Waals surface area contributed by atoms with Crippen molar-refractivity contribution in [2.75, 3.05) is 26.2 Å². The molecule has 0 aliphatic carbocycles. The molecule has 1 fully saturated rings. The van der Waals surface area contributed by atoms with Gasteiger partial charge in [0.2, 0.25) is 11.7 Å². The highest BCUT2D eigenvalue weighted by Gasteiger charge is 2.29. The van der Waals surface area contributed by atoms with E-state index in [9.17, 15) is 9.59 Å². The second kappa shape index (κ2) is 6.28. The normalized spacial score (nSPS) is 15.3. The molecule has 7 heteroatoms. The molecule has 0 unspecified atom stereocenters. The van der Waals surface area contributed by atoms with E-state index in [-0.39, 0.29) is 23.4 Å². The third-order valence-electron chi connectivity index (χ3n) is 3.89. The molecule has 3 heterocycles. The maximum Gasteiger partial charge on any atom is 0.276 e. The highest BCUT2D eigenvalue weighted by Crippen LogP contribution is 2.24. The monoisotopic (exact) mass is 317 g/mol. The molecular weight excluding hydrogens is 298 g/mol. The van der Waals surface area contributed by atoms with Crippen molar-refractivity contribution in [3.05, 3.63) is 30.5 Å². The Bertz CT molecular complexity index is 682. The summed E-state index contributed by atoms with van der Waals surface area (Å²) in [5.74, 6) is 0.690. The van der Waals surface area contributed by atoms with E-state index in [2.05, 4.69) is 4.98 Å². The van der Waals surface area contributed by atoms with Crippen molar-refractivity contribution in [3.8, 4) is 11.5 Å². The number of aromatic nitrogens is 1.